The second-order valence-electron chi connectivity index (χ2n) is 5.08. The molecule has 0 aliphatic heterocycles. The van der Waals surface area contributed by atoms with Gasteiger partial charge < -0.3 is 14.8 Å². The molecule has 0 bridgehead atoms. The predicted molar refractivity (Wildman–Crippen MR) is 90.8 cm³/mol. The predicted octanol–water partition coefficient (Wildman–Crippen LogP) is 2.97. The maximum Gasteiger partial charge on any atom is 0.347 e. The lowest BCUT2D eigenvalue weighted by atomic mass is 10.2. The normalized spacial score (nSPS) is 11.4. The van der Waals surface area contributed by atoms with Crippen molar-refractivity contribution in [2.75, 3.05) is 6.61 Å². The van der Waals surface area contributed by atoms with Gasteiger partial charge in [-0.2, -0.15) is 0 Å². The maximum atomic E-state index is 11.8. The summed E-state index contributed by atoms with van der Waals surface area (Å²) in [5, 5.41) is 3.25. The molecule has 24 heavy (non-hydrogen) atoms. The van der Waals surface area contributed by atoms with Crippen LogP contribution in [0, 0.1) is 0 Å². The van der Waals surface area contributed by atoms with Crippen molar-refractivity contribution < 1.29 is 19.1 Å². The van der Waals surface area contributed by atoms with Gasteiger partial charge in [0.2, 0.25) is 0 Å². The Bertz CT molecular complexity index is 673. The topological polar surface area (TPSA) is 64.6 Å². The molecule has 2 aromatic carbocycles. The number of carbonyl (C=O) groups excluding carboxylic acids is 2. The molecule has 0 radical (unpaired) electrons. The molecule has 0 aliphatic rings. The van der Waals surface area contributed by atoms with Crippen LogP contribution >= 0.6 is 11.6 Å². The number of ether oxygens (including phenoxy) is 2. The summed E-state index contributed by atoms with van der Waals surface area (Å²) in [6.07, 6.45) is -0.826. The molecule has 0 spiro atoms. The van der Waals surface area contributed by atoms with Crippen molar-refractivity contribution in [1.82, 2.24) is 5.32 Å². The van der Waals surface area contributed by atoms with Crippen LogP contribution in [0.25, 0.3) is 0 Å². The molecule has 1 N–H and O–H groups in total. The van der Waals surface area contributed by atoms with Crippen molar-refractivity contribution in [2.45, 2.75) is 19.6 Å². The van der Waals surface area contributed by atoms with E-state index in [1.165, 1.54) is 0 Å². The van der Waals surface area contributed by atoms with E-state index in [1.54, 1.807) is 31.2 Å². The molecule has 2 aromatic rings. The van der Waals surface area contributed by atoms with E-state index >= 15 is 0 Å². The van der Waals surface area contributed by atoms with E-state index in [0.29, 0.717) is 17.3 Å². The Balaban J connectivity index is 1.71. The number of hydrogen-bond acceptors (Lipinski definition) is 4. The Morgan fingerprint density at radius 1 is 1.08 bits per heavy atom. The third-order valence-electron chi connectivity index (χ3n) is 3.14. The van der Waals surface area contributed by atoms with E-state index < -0.39 is 12.1 Å². The maximum absolute atomic E-state index is 11.8. The molecule has 126 valence electrons. The first-order valence-corrected chi connectivity index (χ1v) is 7.82. The molecule has 0 heterocycles. The minimum atomic E-state index is -0.826. The van der Waals surface area contributed by atoms with Crippen LogP contribution < -0.4 is 10.1 Å². The van der Waals surface area contributed by atoms with Gasteiger partial charge in [0.05, 0.1) is 0 Å². The molecule has 1 atom stereocenters. The molecule has 0 unspecified atom stereocenters. The molecule has 0 aromatic heterocycles. The summed E-state index contributed by atoms with van der Waals surface area (Å²) in [7, 11) is 0. The molecule has 0 saturated heterocycles. The highest BCUT2D eigenvalue weighted by atomic mass is 35.5. The van der Waals surface area contributed by atoms with Crippen LogP contribution in [-0.4, -0.2) is 24.6 Å². The molecule has 1 amide bonds. The Morgan fingerprint density at radius 3 is 2.42 bits per heavy atom. The van der Waals surface area contributed by atoms with Gasteiger partial charge in [-0.05, 0) is 36.8 Å². The quantitative estimate of drug-likeness (QED) is 0.782. The second kappa shape index (κ2) is 8.93. The second-order valence-corrected chi connectivity index (χ2v) is 5.52. The Morgan fingerprint density at radius 2 is 1.75 bits per heavy atom. The van der Waals surface area contributed by atoms with Crippen molar-refractivity contribution >= 4 is 23.5 Å². The lowest BCUT2D eigenvalue weighted by Crippen LogP contribution is -2.32. The van der Waals surface area contributed by atoms with E-state index in [9.17, 15) is 9.59 Å². The highest BCUT2D eigenvalue weighted by molar-refractivity contribution is 6.30. The zero-order valence-electron chi connectivity index (χ0n) is 13.2. The third kappa shape index (κ3) is 5.93. The molecular weight excluding hydrogens is 330 g/mol. The zero-order valence-corrected chi connectivity index (χ0v) is 14.0. The summed E-state index contributed by atoms with van der Waals surface area (Å²) in [5.74, 6) is -0.483. The van der Waals surface area contributed by atoms with Gasteiger partial charge in [0.25, 0.3) is 5.91 Å². The van der Waals surface area contributed by atoms with Gasteiger partial charge in [0, 0.05) is 11.6 Å². The average molecular weight is 348 g/mol. The Labute approximate surface area is 145 Å². The van der Waals surface area contributed by atoms with Crippen LogP contribution in [0.1, 0.15) is 12.5 Å². The molecule has 6 heteroatoms. The minimum Gasteiger partial charge on any atom is -0.479 e. The van der Waals surface area contributed by atoms with E-state index in [4.69, 9.17) is 21.1 Å². The van der Waals surface area contributed by atoms with Gasteiger partial charge in [-0.25, -0.2) is 4.79 Å². The van der Waals surface area contributed by atoms with E-state index in [-0.39, 0.29) is 12.5 Å². The number of rotatable bonds is 7. The van der Waals surface area contributed by atoms with Gasteiger partial charge in [-0.1, -0.05) is 41.9 Å². The average Bonchev–Trinajstić information content (AvgIpc) is 2.60. The standard InChI is InChI=1S/C18H18ClNO4/c1-13(24-16-9-7-15(19)8-10-16)18(22)23-12-17(21)20-11-14-5-3-2-4-6-14/h2-10,13H,11-12H2,1H3,(H,20,21)/t13-/m0/s1. The zero-order chi connectivity index (χ0) is 17.4. The van der Waals surface area contributed by atoms with Crippen LogP contribution in [-0.2, 0) is 20.9 Å². The van der Waals surface area contributed by atoms with Crippen LogP contribution in [0.3, 0.4) is 0 Å². The number of nitrogens with one attached hydrogen (secondary N) is 1. The van der Waals surface area contributed by atoms with Crippen molar-refractivity contribution in [2.24, 2.45) is 0 Å². The number of carbonyl (C=O) groups is 2. The van der Waals surface area contributed by atoms with Crippen molar-refractivity contribution in [3.05, 3.63) is 65.2 Å². The number of esters is 1. The van der Waals surface area contributed by atoms with Gasteiger partial charge in [-0.3, -0.25) is 4.79 Å². The lowest BCUT2D eigenvalue weighted by Gasteiger charge is -2.14. The third-order valence-corrected chi connectivity index (χ3v) is 3.39. The summed E-state index contributed by atoms with van der Waals surface area (Å²) in [6, 6.07) is 16.1. The fourth-order valence-corrected chi connectivity index (χ4v) is 1.99. The summed E-state index contributed by atoms with van der Waals surface area (Å²) in [4.78, 5) is 23.5. The van der Waals surface area contributed by atoms with Gasteiger partial charge in [0.15, 0.2) is 12.7 Å². The van der Waals surface area contributed by atoms with Crippen LogP contribution in [0.15, 0.2) is 54.6 Å². The van der Waals surface area contributed by atoms with Crippen molar-refractivity contribution in [3.8, 4) is 5.75 Å². The van der Waals surface area contributed by atoms with Crippen LogP contribution in [0.5, 0.6) is 5.75 Å². The fourth-order valence-electron chi connectivity index (χ4n) is 1.87. The summed E-state index contributed by atoms with van der Waals surface area (Å²) < 4.78 is 10.4. The van der Waals surface area contributed by atoms with Gasteiger partial charge in [0.1, 0.15) is 5.75 Å². The number of amides is 1. The van der Waals surface area contributed by atoms with Gasteiger partial charge >= 0.3 is 5.97 Å². The Kier molecular flexibility index (Phi) is 6.63. The molecule has 0 aliphatic carbocycles. The number of hydrogen-bond donors (Lipinski definition) is 1. The van der Waals surface area contributed by atoms with Crippen LogP contribution in [0.4, 0.5) is 0 Å². The largest absolute Gasteiger partial charge is 0.479 e. The van der Waals surface area contributed by atoms with E-state index in [2.05, 4.69) is 5.32 Å². The molecule has 2 rings (SSSR count). The smallest absolute Gasteiger partial charge is 0.347 e. The van der Waals surface area contributed by atoms with Crippen molar-refractivity contribution in [3.63, 3.8) is 0 Å². The SMILES string of the molecule is C[C@H](Oc1ccc(Cl)cc1)C(=O)OCC(=O)NCc1ccccc1. The summed E-state index contributed by atoms with van der Waals surface area (Å²) in [5.41, 5.74) is 0.969. The Hall–Kier alpha value is -2.53. The van der Waals surface area contributed by atoms with E-state index in [0.717, 1.165) is 5.56 Å². The van der Waals surface area contributed by atoms with E-state index in [1.807, 2.05) is 30.3 Å². The number of halogens is 1. The molecule has 0 saturated carbocycles. The first-order chi connectivity index (χ1) is 11.5. The minimum absolute atomic E-state index is 0.347. The highest BCUT2D eigenvalue weighted by Gasteiger charge is 2.17. The highest BCUT2D eigenvalue weighted by Crippen LogP contribution is 2.17. The fraction of sp³-hybridized carbons (Fsp3) is 0.222. The summed E-state index contributed by atoms with van der Waals surface area (Å²) in [6.45, 7) is 1.59. The first kappa shape index (κ1) is 17.8. The van der Waals surface area contributed by atoms with Gasteiger partial charge in [-0.15, -0.1) is 0 Å². The lowest BCUT2D eigenvalue weighted by molar-refractivity contribution is -0.154. The summed E-state index contributed by atoms with van der Waals surface area (Å²) >= 11 is 5.78. The molecular formula is C18H18ClNO4. The first-order valence-electron chi connectivity index (χ1n) is 7.44. The molecule has 0 fully saturated rings. The molecule has 5 nitrogen and oxygen atoms in total. The van der Waals surface area contributed by atoms with Crippen LogP contribution in [0.2, 0.25) is 5.02 Å². The monoisotopic (exact) mass is 347 g/mol. The van der Waals surface area contributed by atoms with Crippen molar-refractivity contribution in [1.29, 1.82) is 0 Å². The number of benzene rings is 2.